The molecule has 0 aromatic heterocycles. The van der Waals surface area contributed by atoms with Gasteiger partial charge in [0, 0.05) is 11.6 Å². The second-order valence-electron chi connectivity index (χ2n) is 2.81. The highest BCUT2D eigenvalue weighted by molar-refractivity contribution is 5.98. The van der Waals surface area contributed by atoms with Gasteiger partial charge in [0.1, 0.15) is 5.56 Å². The highest BCUT2D eigenvalue weighted by atomic mass is 16.6. The van der Waals surface area contributed by atoms with Crippen molar-refractivity contribution in [2.24, 2.45) is 5.73 Å². The van der Waals surface area contributed by atoms with Gasteiger partial charge in [0.2, 0.25) is 0 Å². The number of hydrogen-bond acceptors (Lipinski definition) is 5. The number of nitrogens with zero attached hydrogens (tertiary/aromatic N) is 2. The number of primary amides is 1. The minimum atomic E-state index is -1.03. The summed E-state index contributed by atoms with van der Waals surface area (Å²) in [6.07, 6.45) is 0.302. The summed E-state index contributed by atoms with van der Waals surface area (Å²) in [5, 5.41) is 19.2. The number of hydrogen-bond donors (Lipinski definition) is 1. The van der Waals surface area contributed by atoms with Crippen LogP contribution in [-0.4, -0.2) is 17.1 Å². The molecule has 1 rings (SSSR count). The topological polar surface area (TPSA) is 127 Å². The lowest BCUT2D eigenvalue weighted by atomic mass is 10.0. The molecule has 1 aromatic carbocycles. The van der Waals surface area contributed by atoms with Crippen LogP contribution in [0.2, 0.25) is 0 Å². The zero-order valence-corrected chi connectivity index (χ0v) is 7.84. The largest absolute Gasteiger partial charge is 0.365 e. The summed E-state index contributed by atoms with van der Waals surface area (Å²) in [5.41, 5.74) is 3.66. The van der Waals surface area contributed by atoms with Gasteiger partial charge < -0.3 is 5.73 Å². The van der Waals surface area contributed by atoms with Crippen molar-refractivity contribution < 1.29 is 14.5 Å². The van der Waals surface area contributed by atoms with Gasteiger partial charge in [-0.25, -0.2) is 0 Å². The first-order valence-corrected chi connectivity index (χ1v) is 3.98. The van der Waals surface area contributed by atoms with Gasteiger partial charge in [0.25, 0.3) is 11.6 Å². The second-order valence-corrected chi connectivity index (χ2v) is 2.81. The normalized spacial score (nSPS) is 9.19. The van der Waals surface area contributed by atoms with E-state index in [2.05, 4.69) is 0 Å². The molecular weight excluding hydrogens is 214 g/mol. The number of nitriles is 1. The Kier molecular flexibility index (Phi) is 2.96. The lowest BCUT2D eigenvalue weighted by Gasteiger charge is -2.01. The van der Waals surface area contributed by atoms with Crippen molar-refractivity contribution >= 4 is 17.9 Å². The van der Waals surface area contributed by atoms with E-state index in [1.54, 1.807) is 6.07 Å². The maximum absolute atomic E-state index is 10.9. The molecule has 1 aromatic rings. The minimum Gasteiger partial charge on any atom is -0.365 e. The number of carbonyl (C=O) groups excluding carboxylic acids is 2. The average molecular weight is 219 g/mol. The number of rotatable bonds is 3. The SMILES string of the molecule is N#Cc1cc(C(N)=O)c([N+](=O)[O-])cc1C=O. The van der Waals surface area contributed by atoms with Crippen LogP contribution in [0.4, 0.5) is 5.69 Å². The number of nitrogens with two attached hydrogens (primary N) is 1. The van der Waals surface area contributed by atoms with Crippen LogP contribution in [0.5, 0.6) is 0 Å². The molecule has 0 spiro atoms. The summed E-state index contributed by atoms with van der Waals surface area (Å²) in [6.45, 7) is 0. The summed E-state index contributed by atoms with van der Waals surface area (Å²) in [5.74, 6) is -1.03. The highest BCUT2D eigenvalue weighted by Crippen LogP contribution is 2.22. The monoisotopic (exact) mass is 219 g/mol. The van der Waals surface area contributed by atoms with E-state index < -0.39 is 22.1 Å². The van der Waals surface area contributed by atoms with Gasteiger partial charge in [-0.2, -0.15) is 5.26 Å². The van der Waals surface area contributed by atoms with E-state index >= 15 is 0 Å². The highest BCUT2D eigenvalue weighted by Gasteiger charge is 2.21. The fraction of sp³-hybridized carbons (Fsp3) is 0. The molecule has 80 valence electrons. The lowest BCUT2D eigenvalue weighted by Crippen LogP contribution is -2.14. The molecule has 0 unspecified atom stereocenters. The van der Waals surface area contributed by atoms with E-state index in [0.717, 1.165) is 12.1 Å². The lowest BCUT2D eigenvalue weighted by molar-refractivity contribution is -0.385. The Morgan fingerprint density at radius 3 is 2.56 bits per heavy atom. The van der Waals surface area contributed by atoms with Crippen molar-refractivity contribution in [3.8, 4) is 6.07 Å². The van der Waals surface area contributed by atoms with Gasteiger partial charge in [-0.05, 0) is 6.07 Å². The maximum Gasteiger partial charge on any atom is 0.282 e. The predicted octanol–water partition coefficient (Wildman–Crippen LogP) is 0.378. The van der Waals surface area contributed by atoms with E-state index in [1.807, 2.05) is 0 Å². The Bertz CT molecular complexity index is 530. The quantitative estimate of drug-likeness (QED) is 0.446. The third-order valence-electron chi connectivity index (χ3n) is 1.88. The molecule has 0 aliphatic rings. The standard InChI is InChI=1S/C9H5N3O4/c10-3-5-1-7(9(11)14)8(12(15)16)2-6(5)4-13/h1-2,4H,(H2,11,14). The molecule has 0 saturated carbocycles. The molecule has 0 radical (unpaired) electrons. The van der Waals surface area contributed by atoms with Crippen LogP contribution in [0, 0.1) is 21.4 Å². The molecule has 1 amide bonds. The zero-order chi connectivity index (χ0) is 12.3. The van der Waals surface area contributed by atoms with Crippen LogP contribution in [0.3, 0.4) is 0 Å². The van der Waals surface area contributed by atoms with Crippen molar-refractivity contribution in [3.63, 3.8) is 0 Å². The molecule has 7 nitrogen and oxygen atoms in total. The van der Waals surface area contributed by atoms with Crippen LogP contribution < -0.4 is 5.73 Å². The van der Waals surface area contributed by atoms with E-state index in [-0.39, 0.29) is 11.1 Å². The zero-order valence-electron chi connectivity index (χ0n) is 7.84. The van der Waals surface area contributed by atoms with Crippen molar-refractivity contribution in [2.75, 3.05) is 0 Å². The van der Waals surface area contributed by atoms with Gasteiger partial charge in [0.15, 0.2) is 6.29 Å². The molecule has 2 N–H and O–H groups in total. The molecule has 0 saturated heterocycles. The summed E-state index contributed by atoms with van der Waals surface area (Å²) >= 11 is 0. The average Bonchev–Trinajstić information content (AvgIpc) is 2.26. The molecule has 0 bridgehead atoms. The molecule has 7 heteroatoms. The van der Waals surface area contributed by atoms with E-state index in [0.29, 0.717) is 6.29 Å². The first-order chi connectivity index (χ1) is 7.51. The number of benzene rings is 1. The third-order valence-corrected chi connectivity index (χ3v) is 1.88. The first-order valence-electron chi connectivity index (χ1n) is 3.98. The van der Waals surface area contributed by atoms with Crippen molar-refractivity contribution in [2.45, 2.75) is 0 Å². The second kappa shape index (κ2) is 4.18. The summed E-state index contributed by atoms with van der Waals surface area (Å²) in [4.78, 5) is 31.2. The number of nitro groups is 1. The van der Waals surface area contributed by atoms with E-state index in [1.165, 1.54) is 0 Å². The Morgan fingerprint density at radius 2 is 2.19 bits per heavy atom. The van der Waals surface area contributed by atoms with E-state index in [4.69, 9.17) is 11.0 Å². The van der Waals surface area contributed by atoms with Crippen LogP contribution in [0.15, 0.2) is 12.1 Å². The van der Waals surface area contributed by atoms with Crippen LogP contribution >= 0.6 is 0 Å². The third kappa shape index (κ3) is 1.85. The van der Waals surface area contributed by atoms with Crippen molar-refractivity contribution in [1.29, 1.82) is 5.26 Å². The molecule has 0 atom stereocenters. The molecule has 0 fully saturated rings. The van der Waals surface area contributed by atoms with Crippen LogP contribution in [0.25, 0.3) is 0 Å². The maximum atomic E-state index is 10.9. The Morgan fingerprint density at radius 1 is 1.56 bits per heavy atom. The Labute approximate surface area is 89.2 Å². The molecule has 0 heterocycles. The fourth-order valence-corrected chi connectivity index (χ4v) is 1.15. The predicted molar refractivity (Wildman–Crippen MR) is 51.7 cm³/mol. The summed E-state index contributed by atoms with van der Waals surface area (Å²) in [6, 6.07) is 3.43. The van der Waals surface area contributed by atoms with Crippen LogP contribution in [0.1, 0.15) is 26.3 Å². The molecule has 16 heavy (non-hydrogen) atoms. The number of aldehydes is 1. The number of nitro benzene ring substituents is 1. The number of amides is 1. The van der Waals surface area contributed by atoms with Crippen molar-refractivity contribution in [1.82, 2.24) is 0 Å². The minimum absolute atomic E-state index is 0.130. The fourth-order valence-electron chi connectivity index (χ4n) is 1.15. The Balaban J connectivity index is 3.62. The first kappa shape index (κ1) is 11.3. The van der Waals surface area contributed by atoms with Gasteiger partial charge >= 0.3 is 0 Å². The summed E-state index contributed by atoms with van der Waals surface area (Å²) < 4.78 is 0. The van der Waals surface area contributed by atoms with Crippen LogP contribution in [-0.2, 0) is 0 Å². The van der Waals surface area contributed by atoms with Gasteiger partial charge in [-0.15, -0.1) is 0 Å². The van der Waals surface area contributed by atoms with Crippen molar-refractivity contribution in [3.05, 3.63) is 38.9 Å². The molecule has 0 aliphatic carbocycles. The molecule has 0 aliphatic heterocycles. The number of carbonyl (C=O) groups is 2. The molecular formula is C9H5N3O4. The van der Waals surface area contributed by atoms with Gasteiger partial charge in [0.05, 0.1) is 16.6 Å². The van der Waals surface area contributed by atoms with Gasteiger partial charge in [-0.1, -0.05) is 0 Å². The van der Waals surface area contributed by atoms with Gasteiger partial charge in [-0.3, -0.25) is 19.7 Å². The summed E-state index contributed by atoms with van der Waals surface area (Å²) in [7, 11) is 0. The van der Waals surface area contributed by atoms with E-state index in [9.17, 15) is 19.7 Å². The smallest absolute Gasteiger partial charge is 0.282 e. The Hall–Kier alpha value is -2.75.